The predicted octanol–water partition coefficient (Wildman–Crippen LogP) is 4.31. The van der Waals surface area contributed by atoms with Crippen LogP contribution in [0.2, 0.25) is 10.2 Å². The molecule has 0 bridgehead atoms. The zero-order chi connectivity index (χ0) is 15.6. The molecule has 108 valence electrons. The van der Waals surface area contributed by atoms with Gasteiger partial charge < -0.3 is 5.32 Å². The van der Waals surface area contributed by atoms with Gasteiger partial charge in [-0.25, -0.2) is 4.98 Å². The fraction of sp³-hybridized carbons (Fsp3) is 0. The Bertz CT molecular complexity index is 740. The first-order valence-corrected chi connectivity index (χ1v) is 6.99. The van der Waals surface area contributed by atoms with Crippen LogP contribution in [0, 0.1) is 10.1 Å². The Balaban J connectivity index is 2.32. The number of hydrogen-bond donors (Lipinski definition) is 1. The molecule has 1 heterocycles. The molecule has 2 rings (SSSR count). The van der Waals surface area contributed by atoms with Crippen LogP contribution in [-0.2, 0) is 0 Å². The molecule has 21 heavy (non-hydrogen) atoms. The summed E-state index contributed by atoms with van der Waals surface area (Å²) in [5.41, 5.74) is 0.0411. The summed E-state index contributed by atoms with van der Waals surface area (Å²) in [7, 11) is 0. The van der Waals surface area contributed by atoms with Crippen LogP contribution in [0.4, 0.5) is 11.4 Å². The second-order valence-corrected chi connectivity index (χ2v) is 5.52. The fourth-order valence-corrected chi connectivity index (χ4v) is 2.45. The van der Waals surface area contributed by atoms with Gasteiger partial charge in [-0.15, -0.1) is 0 Å². The summed E-state index contributed by atoms with van der Waals surface area (Å²) >= 11 is 14.9. The average molecular weight is 391 g/mol. The number of benzene rings is 1. The van der Waals surface area contributed by atoms with Gasteiger partial charge in [0.1, 0.15) is 11.3 Å². The van der Waals surface area contributed by atoms with Crippen molar-refractivity contribution in [2.45, 2.75) is 0 Å². The maximum atomic E-state index is 12.1. The SMILES string of the molecule is O=C(Nc1ccc(Cl)cc1Br)c1cc([N+](=O)[O-])cnc1Cl. The molecule has 0 fully saturated rings. The first-order valence-electron chi connectivity index (χ1n) is 5.45. The lowest BCUT2D eigenvalue weighted by atomic mass is 10.2. The number of carbonyl (C=O) groups excluding carboxylic acids is 1. The first kappa shape index (κ1) is 15.7. The Morgan fingerprint density at radius 1 is 1.33 bits per heavy atom. The summed E-state index contributed by atoms with van der Waals surface area (Å²) in [6.45, 7) is 0. The van der Waals surface area contributed by atoms with Gasteiger partial charge in [-0.05, 0) is 34.1 Å². The summed E-state index contributed by atoms with van der Waals surface area (Å²) in [6, 6.07) is 5.84. The highest BCUT2D eigenvalue weighted by atomic mass is 79.9. The summed E-state index contributed by atoms with van der Waals surface area (Å²) in [4.78, 5) is 25.8. The van der Waals surface area contributed by atoms with Crippen LogP contribution in [0.1, 0.15) is 10.4 Å². The van der Waals surface area contributed by atoms with E-state index in [-0.39, 0.29) is 16.4 Å². The summed E-state index contributed by atoms with van der Waals surface area (Å²) < 4.78 is 0.567. The number of carbonyl (C=O) groups is 1. The van der Waals surface area contributed by atoms with Gasteiger partial charge in [0.15, 0.2) is 0 Å². The van der Waals surface area contributed by atoms with Gasteiger partial charge in [0.25, 0.3) is 11.6 Å². The minimum absolute atomic E-state index is 0.0901. The Morgan fingerprint density at radius 3 is 2.67 bits per heavy atom. The predicted molar refractivity (Wildman–Crippen MR) is 83.0 cm³/mol. The molecule has 0 saturated heterocycles. The Labute approximate surface area is 137 Å². The van der Waals surface area contributed by atoms with Crippen molar-refractivity contribution < 1.29 is 9.72 Å². The van der Waals surface area contributed by atoms with E-state index < -0.39 is 10.8 Å². The van der Waals surface area contributed by atoms with E-state index in [0.29, 0.717) is 15.2 Å². The van der Waals surface area contributed by atoms with Crippen molar-refractivity contribution in [3.63, 3.8) is 0 Å². The average Bonchev–Trinajstić information content (AvgIpc) is 2.42. The molecule has 0 unspecified atom stereocenters. The molecule has 0 aliphatic rings. The highest BCUT2D eigenvalue weighted by Gasteiger charge is 2.18. The van der Waals surface area contributed by atoms with E-state index in [9.17, 15) is 14.9 Å². The lowest BCUT2D eigenvalue weighted by molar-refractivity contribution is -0.385. The minimum atomic E-state index is -0.654. The van der Waals surface area contributed by atoms with Gasteiger partial charge >= 0.3 is 0 Å². The third-order valence-electron chi connectivity index (χ3n) is 2.46. The first-order chi connectivity index (χ1) is 9.88. The van der Waals surface area contributed by atoms with E-state index >= 15 is 0 Å². The van der Waals surface area contributed by atoms with Crippen molar-refractivity contribution in [3.8, 4) is 0 Å². The molecule has 0 aliphatic carbocycles. The van der Waals surface area contributed by atoms with Crippen LogP contribution in [0.25, 0.3) is 0 Å². The largest absolute Gasteiger partial charge is 0.321 e. The fourth-order valence-electron chi connectivity index (χ4n) is 1.48. The van der Waals surface area contributed by atoms with Crippen LogP contribution in [0.3, 0.4) is 0 Å². The van der Waals surface area contributed by atoms with E-state index in [4.69, 9.17) is 23.2 Å². The molecule has 0 spiro atoms. The highest BCUT2D eigenvalue weighted by Crippen LogP contribution is 2.27. The number of halogens is 3. The monoisotopic (exact) mass is 389 g/mol. The third kappa shape index (κ3) is 3.69. The number of nitro groups is 1. The topological polar surface area (TPSA) is 85.1 Å². The maximum Gasteiger partial charge on any atom is 0.288 e. The molecule has 0 aliphatic heterocycles. The third-order valence-corrected chi connectivity index (χ3v) is 3.65. The molecular formula is C12H6BrCl2N3O3. The Kier molecular flexibility index (Phi) is 4.76. The lowest BCUT2D eigenvalue weighted by Crippen LogP contribution is -2.13. The van der Waals surface area contributed by atoms with Crippen molar-refractivity contribution >= 4 is 56.4 Å². The molecular weight excluding hydrogens is 385 g/mol. The van der Waals surface area contributed by atoms with Crippen molar-refractivity contribution in [1.29, 1.82) is 0 Å². The minimum Gasteiger partial charge on any atom is -0.321 e. The molecule has 1 amide bonds. The van der Waals surface area contributed by atoms with Crippen LogP contribution >= 0.6 is 39.1 Å². The van der Waals surface area contributed by atoms with Gasteiger partial charge in [-0.2, -0.15) is 0 Å². The number of amides is 1. The quantitative estimate of drug-likeness (QED) is 0.480. The number of hydrogen-bond acceptors (Lipinski definition) is 4. The van der Waals surface area contributed by atoms with Crippen LogP contribution in [0.15, 0.2) is 34.9 Å². The maximum absolute atomic E-state index is 12.1. The molecule has 6 nitrogen and oxygen atoms in total. The smallest absolute Gasteiger partial charge is 0.288 e. The van der Waals surface area contributed by atoms with Crippen LogP contribution in [0.5, 0.6) is 0 Å². The second kappa shape index (κ2) is 6.38. The highest BCUT2D eigenvalue weighted by molar-refractivity contribution is 9.10. The number of pyridine rings is 1. The molecule has 1 aromatic heterocycles. The Hall–Kier alpha value is -1.70. The van der Waals surface area contributed by atoms with Crippen LogP contribution in [-0.4, -0.2) is 15.8 Å². The number of rotatable bonds is 3. The number of nitrogens with one attached hydrogen (secondary N) is 1. The Morgan fingerprint density at radius 2 is 2.05 bits per heavy atom. The lowest BCUT2D eigenvalue weighted by Gasteiger charge is -2.08. The van der Waals surface area contributed by atoms with Gasteiger partial charge in [0.2, 0.25) is 0 Å². The normalized spacial score (nSPS) is 10.2. The summed E-state index contributed by atoms with van der Waals surface area (Å²) in [6.07, 6.45) is 0.983. The van der Waals surface area contributed by atoms with E-state index in [1.54, 1.807) is 18.2 Å². The molecule has 1 N–H and O–H groups in total. The van der Waals surface area contributed by atoms with Crippen molar-refractivity contribution in [1.82, 2.24) is 4.98 Å². The van der Waals surface area contributed by atoms with E-state index in [1.807, 2.05) is 0 Å². The second-order valence-electron chi connectivity index (χ2n) is 3.87. The zero-order valence-electron chi connectivity index (χ0n) is 10.1. The summed E-state index contributed by atoms with van der Waals surface area (Å²) in [5.74, 6) is -0.612. The zero-order valence-corrected chi connectivity index (χ0v) is 13.2. The van der Waals surface area contributed by atoms with E-state index in [2.05, 4.69) is 26.2 Å². The van der Waals surface area contributed by atoms with Crippen molar-refractivity contribution in [2.24, 2.45) is 0 Å². The summed E-state index contributed by atoms with van der Waals surface area (Å²) in [5, 5.41) is 13.6. The van der Waals surface area contributed by atoms with E-state index in [1.165, 1.54) is 0 Å². The van der Waals surface area contributed by atoms with Crippen molar-refractivity contribution in [2.75, 3.05) is 5.32 Å². The molecule has 0 saturated carbocycles. The van der Waals surface area contributed by atoms with Gasteiger partial charge in [0, 0.05) is 15.6 Å². The van der Waals surface area contributed by atoms with Gasteiger partial charge in [-0.3, -0.25) is 14.9 Å². The standard InChI is InChI=1S/C12H6BrCl2N3O3/c13-9-3-6(14)1-2-10(9)17-12(19)8-4-7(18(20)21)5-16-11(8)15/h1-5H,(H,17,19). The molecule has 0 radical (unpaired) electrons. The van der Waals surface area contributed by atoms with Gasteiger partial charge in [-0.1, -0.05) is 23.2 Å². The molecule has 9 heteroatoms. The molecule has 2 aromatic rings. The number of anilines is 1. The number of aromatic nitrogens is 1. The van der Waals surface area contributed by atoms with Crippen molar-refractivity contribution in [3.05, 3.63) is 60.8 Å². The van der Waals surface area contributed by atoms with Crippen LogP contribution < -0.4 is 5.32 Å². The number of nitrogens with zero attached hydrogens (tertiary/aromatic N) is 2. The molecule has 1 aromatic carbocycles. The van der Waals surface area contributed by atoms with Gasteiger partial charge in [0.05, 0.1) is 16.2 Å². The van der Waals surface area contributed by atoms with E-state index in [0.717, 1.165) is 12.3 Å². The molecule has 0 atom stereocenters.